The number of hydrogen-bond acceptors (Lipinski definition) is 4. The van der Waals surface area contributed by atoms with Crippen molar-refractivity contribution in [2.45, 2.75) is 13.5 Å². The standard InChI is InChI=1S/C18H18BrNO4/c1-12-8-15(23-2)6-7-16(12)18(22)24-11-17(21)20-10-13-4-3-5-14(19)9-13/h3-9H,10-11H2,1-2H3,(H,20,21). The Bertz CT molecular complexity index is 746. The van der Waals surface area contributed by atoms with E-state index in [1.165, 1.54) is 0 Å². The van der Waals surface area contributed by atoms with E-state index in [9.17, 15) is 9.59 Å². The zero-order chi connectivity index (χ0) is 17.5. The molecule has 0 radical (unpaired) electrons. The average Bonchev–Trinajstić information content (AvgIpc) is 2.57. The Labute approximate surface area is 149 Å². The summed E-state index contributed by atoms with van der Waals surface area (Å²) in [7, 11) is 1.56. The highest BCUT2D eigenvalue weighted by molar-refractivity contribution is 9.10. The molecule has 0 aliphatic carbocycles. The molecule has 0 unspecified atom stereocenters. The lowest BCUT2D eigenvalue weighted by molar-refractivity contribution is -0.124. The number of amides is 1. The molecule has 0 aliphatic heterocycles. The van der Waals surface area contributed by atoms with E-state index >= 15 is 0 Å². The van der Waals surface area contributed by atoms with Gasteiger partial charge in [-0.3, -0.25) is 4.79 Å². The summed E-state index contributed by atoms with van der Waals surface area (Å²) in [4.78, 5) is 23.8. The summed E-state index contributed by atoms with van der Waals surface area (Å²) in [6.45, 7) is 1.84. The van der Waals surface area contributed by atoms with Crippen molar-refractivity contribution in [3.8, 4) is 5.75 Å². The third-order valence-electron chi connectivity index (χ3n) is 3.37. The van der Waals surface area contributed by atoms with Gasteiger partial charge in [0.05, 0.1) is 12.7 Å². The van der Waals surface area contributed by atoms with Gasteiger partial charge in [0.1, 0.15) is 5.75 Å². The molecule has 2 rings (SSSR count). The van der Waals surface area contributed by atoms with Crippen LogP contribution in [0.15, 0.2) is 46.9 Å². The minimum absolute atomic E-state index is 0.321. The van der Waals surface area contributed by atoms with Crippen molar-refractivity contribution in [3.63, 3.8) is 0 Å². The summed E-state index contributed by atoms with van der Waals surface area (Å²) in [5, 5.41) is 2.71. The Kier molecular flexibility index (Phi) is 6.37. The van der Waals surface area contributed by atoms with Crippen molar-refractivity contribution in [1.82, 2.24) is 5.32 Å². The molecule has 1 amide bonds. The smallest absolute Gasteiger partial charge is 0.338 e. The monoisotopic (exact) mass is 391 g/mol. The zero-order valence-corrected chi connectivity index (χ0v) is 15.1. The number of carbonyl (C=O) groups is 2. The number of hydrogen-bond donors (Lipinski definition) is 1. The summed E-state index contributed by atoms with van der Waals surface area (Å²) in [6, 6.07) is 12.6. The highest BCUT2D eigenvalue weighted by Crippen LogP contribution is 2.17. The second-order valence-corrected chi connectivity index (χ2v) is 6.08. The molecule has 0 saturated heterocycles. The third-order valence-corrected chi connectivity index (χ3v) is 3.86. The Hall–Kier alpha value is -2.34. The summed E-state index contributed by atoms with van der Waals surface area (Å²) < 4.78 is 11.1. The zero-order valence-electron chi connectivity index (χ0n) is 13.5. The van der Waals surface area contributed by atoms with Gasteiger partial charge in [0.2, 0.25) is 0 Å². The van der Waals surface area contributed by atoms with Crippen LogP contribution in [0.5, 0.6) is 5.75 Å². The predicted octanol–water partition coefficient (Wildman–Crippen LogP) is 3.24. The van der Waals surface area contributed by atoms with Crippen molar-refractivity contribution in [2.24, 2.45) is 0 Å². The number of nitrogens with one attached hydrogen (secondary N) is 1. The lowest BCUT2D eigenvalue weighted by Gasteiger charge is -2.09. The van der Waals surface area contributed by atoms with E-state index in [0.29, 0.717) is 17.9 Å². The van der Waals surface area contributed by atoms with E-state index in [4.69, 9.17) is 9.47 Å². The topological polar surface area (TPSA) is 64.6 Å². The van der Waals surface area contributed by atoms with Gasteiger partial charge >= 0.3 is 5.97 Å². The molecule has 0 fully saturated rings. The second-order valence-electron chi connectivity index (χ2n) is 5.16. The maximum absolute atomic E-state index is 12.0. The number of methoxy groups -OCH3 is 1. The van der Waals surface area contributed by atoms with Gasteiger partial charge in [0.15, 0.2) is 6.61 Å². The Morgan fingerprint density at radius 1 is 1.17 bits per heavy atom. The first-order chi connectivity index (χ1) is 11.5. The fourth-order valence-electron chi connectivity index (χ4n) is 2.10. The van der Waals surface area contributed by atoms with Crippen LogP contribution in [0, 0.1) is 6.92 Å². The van der Waals surface area contributed by atoms with Crippen LogP contribution in [-0.2, 0) is 16.1 Å². The molecule has 0 spiro atoms. The SMILES string of the molecule is COc1ccc(C(=O)OCC(=O)NCc2cccc(Br)c2)c(C)c1. The average molecular weight is 392 g/mol. The van der Waals surface area contributed by atoms with E-state index in [1.807, 2.05) is 24.3 Å². The van der Waals surface area contributed by atoms with Crippen molar-refractivity contribution in [1.29, 1.82) is 0 Å². The van der Waals surface area contributed by atoms with E-state index in [2.05, 4.69) is 21.2 Å². The van der Waals surface area contributed by atoms with Crippen LogP contribution in [0.1, 0.15) is 21.5 Å². The van der Waals surface area contributed by atoms with Crippen molar-refractivity contribution in [2.75, 3.05) is 13.7 Å². The maximum Gasteiger partial charge on any atom is 0.338 e. The normalized spacial score (nSPS) is 10.1. The van der Waals surface area contributed by atoms with Crippen molar-refractivity contribution < 1.29 is 19.1 Å². The molecule has 1 N–H and O–H groups in total. The molecule has 0 aromatic heterocycles. The molecule has 24 heavy (non-hydrogen) atoms. The van der Waals surface area contributed by atoms with Crippen LogP contribution in [-0.4, -0.2) is 25.6 Å². The summed E-state index contributed by atoms with van der Waals surface area (Å²) in [5.74, 6) is -0.224. The molecular formula is C18H18BrNO4. The van der Waals surface area contributed by atoms with Crippen LogP contribution >= 0.6 is 15.9 Å². The van der Waals surface area contributed by atoms with Gasteiger partial charge < -0.3 is 14.8 Å². The van der Waals surface area contributed by atoms with Gasteiger partial charge in [-0.05, 0) is 48.4 Å². The molecule has 0 aliphatic rings. The lowest BCUT2D eigenvalue weighted by atomic mass is 10.1. The van der Waals surface area contributed by atoms with Crippen LogP contribution in [0.25, 0.3) is 0 Å². The van der Waals surface area contributed by atoms with Gasteiger partial charge in [-0.1, -0.05) is 28.1 Å². The second kappa shape index (κ2) is 8.49. The number of ether oxygens (including phenoxy) is 2. The molecule has 2 aromatic carbocycles. The lowest BCUT2D eigenvalue weighted by Crippen LogP contribution is -2.28. The number of rotatable bonds is 6. The first kappa shape index (κ1) is 18.0. The Morgan fingerprint density at radius 2 is 1.96 bits per heavy atom. The molecule has 2 aromatic rings. The predicted molar refractivity (Wildman–Crippen MR) is 94.0 cm³/mol. The first-order valence-corrected chi connectivity index (χ1v) is 8.12. The highest BCUT2D eigenvalue weighted by atomic mass is 79.9. The Morgan fingerprint density at radius 3 is 2.62 bits per heavy atom. The van der Waals surface area contributed by atoms with E-state index in [1.54, 1.807) is 32.2 Å². The largest absolute Gasteiger partial charge is 0.497 e. The molecular weight excluding hydrogens is 374 g/mol. The summed E-state index contributed by atoms with van der Waals surface area (Å²) in [5.41, 5.74) is 2.10. The van der Waals surface area contributed by atoms with Crippen LogP contribution in [0.4, 0.5) is 0 Å². The van der Waals surface area contributed by atoms with Crippen molar-refractivity contribution in [3.05, 3.63) is 63.6 Å². The summed E-state index contributed by atoms with van der Waals surface area (Å²) >= 11 is 3.37. The minimum atomic E-state index is -0.534. The minimum Gasteiger partial charge on any atom is -0.497 e. The van der Waals surface area contributed by atoms with Gasteiger partial charge in [0, 0.05) is 11.0 Å². The van der Waals surface area contributed by atoms with Gasteiger partial charge in [-0.15, -0.1) is 0 Å². The fraction of sp³-hybridized carbons (Fsp3) is 0.222. The molecule has 5 nitrogen and oxygen atoms in total. The fourth-order valence-corrected chi connectivity index (χ4v) is 2.55. The van der Waals surface area contributed by atoms with Gasteiger partial charge in [-0.25, -0.2) is 4.79 Å². The number of aryl methyl sites for hydroxylation is 1. The quantitative estimate of drug-likeness (QED) is 0.767. The Balaban J connectivity index is 1.84. The molecule has 126 valence electrons. The number of carbonyl (C=O) groups excluding carboxylic acids is 2. The third kappa shape index (κ3) is 5.09. The van der Waals surface area contributed by atoms with Crippen LogP contribution in [0.2, 0.25) is 0 Å². The molecule has 0 saturated carbocycles. The number of benzene rings is 2. The van der Waals surface area contributed by atoms with Gasteiger partial charge in [-0.2, -0.15) is 0 Å². The molecule has 0 bridgehead atoms. The maximum atomic E-state index is 12.0. The number of esters is 1. The number of halogens is 1. The summed E-state index contributed by atoms with van der Waals surface area (Å²) in [6.07, 6.45) is 0. The van der Waals surface area contributed by atoms with Crippen LogP contribution in [0.3, 0.4) is 0 Å². The van der Waals surface area contributed by atoms with E-state index < -0.39 is 5.97 Å². The highest BCUT2D eigenvalue weighted by Gasteiger charge is 2.13. The van der Waals surface area contributed by atoms with Crippen molar-refractivity contribution >= 4 is 27.8 Å². The van der Waals surface area contributed by atoms with Crippen LogP contribution < -0.4 is 10.1 Å². The molecule has 0 atom stereocenters. The van der Waals surface area contributed by atoms with E-state index in [-0.39, 0.29) is 12.5 Å². The molecule has 6 heteroatoms. The molecule has 0 heterocycles. The van der Waals surface area contributed by atoms with Gasteiger partial charge in [0.25, 0.3) is 5.91 Å². The van der Waals surface area contributed by atoms with E-state index in [0.717, 1.165) is 15.6 Å². The first-order valence-electron chi connectivity index (χ1n) is 7.32.